The zero-order chi connectivity index (χ0) is 19.9. The van der Waals surface area contributed by atoms with Crippen LogP contribution in [0.3, 0.4) is 0 Å². The van der Waals surface area contributed by atoms with Gasteiger partial charge in [-0.1, -0.05) is 12.7 Å². The average Bonchev–Trinajstić information content (AvgIpc) is 2.66. The van der Waals surface area contributed by atoms with E-state index in [9.17, 15) is 10.2 Å². The SMILES string of the molecule is C=CCOc1cc(C2=Cc3ccc4c(c3OC2)C=CC(C)(C)O4)c(O)cc1O. The van der Waals surface area contributed by atoms with E-state index in [0.717, 1.165) is 28.2 Å². The molecule has 4 rings (SSSR count). The molecule has 0 aromatic heterocycles. The maximum Gasteiger partial charge on any atom is 0.162 e. The number of phenolic OH excluding ortho intramolecular Hbond substituents is 2. The lowest BCUT2D eigenvalue weighted by atomic mass is 9.95. The molecule has 0 saturated heterocycles. The van der Waals surface area contributed by atoms with Crippen LogP contribution in [0.15, 0.2) is 43.0 Å². The van der Waals surface area contributed by atoms with E-state index in [0.29, 0.717) is 5.56 Å². The molecule has 0 unspecified atom stereocenters. The molecule has 144 valence electrons. The highest BCUT2D eigenvalue weighted by Gasteiger charge is 2.27. The Morgan fingerprint density at radius 1 is 1.21 bits per heavy atom. The van der Waals surface area contributed by atoms with Crippen LogP contribution in [0.4, 0.5) is 0 Å². The molecule has 0 fully saturated rings. The number of benzene rings is 2. The van der Waals surface area contributed by atoms with Crippen molar-refractivity contribution in [1.82, 2.24) is 0 Å². The Kier molecular flexibility index (Phi) is 4.30. The number of aromatic hydroxyl groups is 2. The molecule has 2 aromatic carbocycles. The molecule has 28 heavy (non-hydrogen) atoms. The van der Waals surface area contributed by atoms with E-state index < -0.39 is 0 Å². The quantitative estimate of drug-likeness (QED) is 0.750. The van der Waals surface area contributed by atoms with Crippen molar-refractivity contribution in [3.05, 3.63) is 59.7 Å². The minimum absolute atomic E-state index is 0.0373. The van der Waals surface area contributed by atoms with Crippen molar-refractivity contribution in [2.24, 2.45) is 0 Å². The summed E-state index contributed by atoms with van der Waals surface area (Å²) in [6, 6.07) is 6.75. The molecule has 0 aliphatic carbocycles. The molecule has 2 aliphatic heterocycles. The lowest BCUT2D eigenvalue weighted by Gasteiger charge is -2.30. The number of hydrogen-bond acceptors (Lipinski definition) is 5. The van der Waals surface area contributed by atoms with E-state index in [1.54, 1.807) is 12.1 Å². The van der Waals surface area contributed by atoms with Crippen LogP contribution in [0.25, 0.3) is 17.7 Å². The molecule has 0 saturated carbocycles. The Labute approximate surface area is 163 Å². The lowest BCUT2D eigenvalue weighted by molar-refractivity contribution is 0.158. The topological polar surface area (TPSA) is 68.2 Å². The largest absolute Gasteiger partial charge is 0.507 e. The van der Waals surface area contributed by atoms with E-state index in [1.807, 2.05) is 44.2 Å². The first-order valence-electron chi connectivity index (χ1n) is 9.06. The summed E-state index contributed by atoms with van der Waals surface area (Å²) in [5.41, 5.74) is 2.80. The molecular formula is C23H22O5. The first-order chi connectivity index (χ1) is 13.4. The van der Waals surface area contributed by atoms with Crippen LogP contribution in [0.2, 0.25) is 0 Å². The average molecular weight is 378 g/mol. The van der Waals surface area contributed by atoms with Crippen molar-refractivity contribution in [2.75, 3.05) is 13.2 Å². The van der Waals surface area contributed by atoms with E-state index in [1.165, 1.54) is 6.07 Å². The van der Waals surface area contributed by atoms with Gasteiger partial charge in [-0.2, -0.15) is 0 Å². The third-order valence-electron chi connectivity index (χ3n) is 4.69. The molecule has 5 heteroatoms. The summed E-state index contributed by atoms with van der Waals surface area (Å²) in [5.74, 6) is 1.66. The maximum absolute atomic E-state index is 10.3. The van der Waals surface area contributed by atoms with Gasteiger partial charge in [0.05, 0.1) is 5.56 Å². The van der Waals surface area contributed by atoms with E-state index in [4.69, 9.17) is 14.2 Å². The standard InChI is InChI=1S/C23H22O5/c1-4-9-26-21-11-17(18(24)12-19(21)25)15-10-14-5-6-20-16(22(14)27-13-15)7-8-23(2,3)28-20/h4-8,10-12,24-25H,1,9,13H2,2-3H3. The fourth-order valence-electron chi connectivity index (χ4n) is 3.34. The number of phenols is 2. The second-order valence-electron chi connectivity index (χ2n) is 7.33. The second-order valence-corrected chi connectivity index (χ2v) is 7.33. The molecule has 0 bridgehead atoms. The smallest absolute Gasteiger partial charge is 0.162 e. The van der Waals surface area contributed by atoms with Gasteiger partial charge in [-0.15, -0.1) is 0 Å². The predicted molar refractivity (Wildman–Crippen MR) is 109 cm³/mol. The maximum atomic E-state index is 10.3. The summed E-state index contributed by atoms with van der Waals surface area (Å²) in [7, 11) is 0. The van der Waals surface area contributed by atoms with Crippen molar-refractivity contribution >= 4 is 17.7 Å². The Morgan fingerprint density at radius 2 is 2.04 bits per heavy atom. The minimum Gasteiger partial charge on any atom is -0.507 e. The van der Waals surface area contributed by atoms with Gasteiger partial charge in [0.2, 0.25) is 0 Å². The summed E-state index contributed by atoms with van der Waals surface area (Å²) in [4.78, 5) is 0. The number of hydrogen-bond donors (Lipinski definition) is 2. The Balaban J connectivity index is 1.73. The normalized spacial score (nSPS) is 16.1. The van der Waals surface area contributed by atoms with Crippen LogP contribution in [0.5, 0.6) is 28.7 Å². The van der Waals surface area contributed by atoms with Gasteiger partial charge < -0.3 is 24.4 Å². The Morgan fingerprint density at radius 3 is 2.82 bits per heavy atom. The first kappa shape index (κ1) is 18.0. The molecule has 2 N–H and O–H groups in total. The van der Waals surface area contributed by atoms with Crippen molar-refractivity contribution in [1.29, 1.82) is 0 Å². The highest BCUT2D eigenvalue weighted by atomic mass is 16.5. The fraction of sp³-hybridized carbons (Fsp3) is 0.217. The molecule has 0 atom stereocenters. The number of rotatable bonds is 4. The predicted octanol–water partition coefficient (Wildman–Crippen LogP) is 4.78. The van der Waals surface area contributed by atoms with Crippen LogP contribution in [0.1, 0.15) is 30.5 Å². The summed E-state index contributed by atoms with van der Waals surface area (Å²) in [6.07, 6.45) is 7.59. The van der Waals surface area contributed by atoms with Crippen molar-refractivity contribution < 1.29 is 24.4 Å². The summed E-state index contributed by atoms with van der Waals surface area (Å²) in [6.45, 7) is 8.14. The number of ether oxygens (including phenoxy) is 3. The summed E-state index contributed by atoms with van der Waals surface area (Å²) >= 11 is 0. The molecule has 5 nitrogen and oxygen atoms in total. The Hall–Kier alpha value is -3.34. The molecular weight excluding hydrogens is 356 g/mol. The zero-order valence-electron chi connectivity index (χ0n) is 15.9. The van der Waals surface area contributed by atoms with E-state index >= 15 is 0 Å². The van der Waals surface area contributed by atoms with Crippen molar-refractivity contribution in [3.8, 4) is 28.7 Å². The van der Waals surface area contributed by atoms with Gasteiger partial charge >= 0.3 is 0 Å². The number of fused-ring (bicyclic) bond motifs is 3. The molecule has 0 amide bonds. The lowest BCUT2D eigenvalue weighted by Crippen LogP contribution is -2.27. The monoisotopic (exact) mass is 378 g/mol. The van der Waals surface area contributed by atoms with Gasteiger partial charge in [0.1, 0.15) is 36.1 Å². The first-order valence-corrected chi connectivity index (χ1v) is 9.06. The van der Waals surface area contributed by atoms with Gasteiger partial charge in [-0.3, -0.25) is 0 Å². The zero-order valence-corrected chi connectivity index (χ0v) is 15.9. The van der Waals surface area contributed by atoms with Crippen LogP contribution in [-0.4, -0.2) is 29.0 Å². The van der Waals surface area contributed by atoms with Crippen LogP contribution in [-0.2, 0) is 0 Å². The molecule has 2 aromatic rings. The fourth-order valence-corrected chi connectivity index (χ4v) is 3.34. The van der Waals surface area contributed by atoms with Gasteiger partial charge in [0.25, 0.3) is 0 Å². The molecule has 2 aliphatic rings. The second kappa shape index (κ2) is 6.68. The summed E-state index contributed by atoms with van der Waals surface area (Å²) in [5, 5.41) is 20.3. The van der Waals surface area contributed by atoms with Gasteiger partial charge in [0.15, 0.2) is 11.5 Å². The summed E-state index contributed by atoms with van der Waals surface area (Å²) < 4.78 is 17.5. The van der Waals surface area contributed by atoms with Gasteiger partial charge in [-0.25, -0.2) is 0 Å². The van der Waals surface area contributed by atoms with E-state index in [-0.39, 0.29) is 36.1 Å². The van der Waals surface area contributed by atoms with E-state index in [2.05, 4.69) is 6.58 Å². The van der Waals surface area contributed by atoms with Gasteiger partial charge in [-0.05, 0) is 50.3 Å². The van der Waals surface area contributed by atoms with Crippen LogP contribution in [0, 0.1) is 0 Å². The van der Waals surface area contributed by atoms with Crippen molar-refractivity contribution in [2.45, 2.75) is 19.4 Å². The third-order valence-corrected chi connectivity index (χ3v) is 4.69. The minimum atomic E-state index is -0.351. The Bertz CT molecular complexity index is 1010. The molecule has 2 heterocycles. The van der Waals surface area contributed by atoms with Crippen LogP contribution < -0.4 is 14.2 Å². The highest BCUT2D eigenvalue weighted by molar-refractivity contribution is 5.90. The highest BCUT2D eigenvalue weighted by Crippen LogP contribution is 2.44. The van der Waals surface area contributed by atoms with Gasteiger partial charge in [0, 0.05) is 22.8 Å². The van der Waals surface area contributed by atoms with Crippen molar-refractivity contribution in [3.63, 3.8) is 0 Å². The van der Waals surface area contributed by atoms with Crippen LogP contribution >= 0.6 is 0 Å². The third kappa shape index (κ3) is 3.20. The molecule has 0 radical (unpaired) electrons. The molecule has 0 spiro atoms.